The molecule has 0 aromatic carbocycles. The van der Waals surface area contributed by atoms with Crippen molar-refractivity contribution in [3.8, 4) is 0 Å². The van der Waals surface area contributed by atoms with Crippen LogP contribution in [0.4, 0.5) is 0 Å². The van der Waals surface area contributed by atoms with Gasteiger partial charge in [-0.3, -0.25) is 9.59 Å². The van der Waals surface area contributed by atoms with Crippen molar-refractivity contribution < 1.29 is 19.8 Å². The molecule has 3 N–H and O–H groups in total. The highest BCUT2D eigenvalue weighted by Crippen LogP contribution is 2.06. The fourth-order valence-corrected chi connectivity index (χ4v) is 1.65. The van der Waals surface area contributed by atoms with E-state index in [1.165, 1.54) is 12.2 Å². The third-order valence-corrected chi connectivity index (χ3v) is 2.69. The number of hydrogen-bond acceptors (Lipinski definition) is 3. The molecular weight excluding hydrogens is 258 g/mol. The van der Waals surface area contributed by atoms with E-state index in [2.05, 4.69) is 18.5 Å². The predicted molar refractivity (Wildman–Crippen MR) is 78.4 cm³/mol. The highest BCUT2D eigenvalue weighted by molar-refractivity contribution is 5.97. The van der Waals surface area contributed by atoms with Crippen molar-refractivity contribution in [1.29, 1.82) is 0 Å². The Morgan fingerprint density at radius 2 is 1.65 bits per heavy atom. The fourth-order valence-electron chi connectivity index (χ4n) is 1.65. The second-order valence-electron chi connectivity index (χ2n) is 4.43. The molecule has 0 aromatic rings. The maximum absolute atomic E-state index is 11.7. The molecule has 0 atom stereocenters. The van der Waals surface area contributed by atoms with Crippen molar-refractivity contribution in [3.63, 3.8) is 0 Å². The zero-order valence-electron chi connectivity index (χ0n) is 11.7. The monoisotopic (exact) mass is 281 g/mol. The largest absolute Gasteiger partial charge is 0.508 e. The third-order valence-electron chi connectivity index (χ3n) is 2.69. The van der Waals surface area contributed by atoms with Crippen LogP contribution in [0.25, 0.3) is 0 Å². The summed E-state index contributed by atoms with van der Waals surface area (Å²) in [4.78, 5) is 22.0. The van der Waals surface area contributed by atoms with E-state index in [1.807, 2.05) is 0 Å². The number of carbonyl (C=O) groups excluding carboxylic acids is 1. The minimum Gasteiger partial charge on any atom is -0.508 e. The molecule has 0 saturated heterocycles. The highest BCUT2D eigenvalue weighted by Gasteiger charge is 2.10. The van der Waals surface area contributed by atoms with Gasteiger partial charge < -0.3 is 15.5 Å². The van der Waals surface area contributed by atoms with Gasteiger partial charge in [-0.25, -0.2) is 0 Å². The average Bonchev–Trinajstić information content (AvgIpc) is 2.38. The van der Waals surface area contributed by atoms with Crippen molar-refractivity contribution in [2.75, 3.05) is 6.54 Å². The Labute approximate surface area is 119 Å². The van der Waals surface area contributed by atoms with Crippen LogP contribution in [0, 0.1) is 0 Å². The van der Waals surface area contributed by atoms with Crippen LogP contribution in [0.15, 0.2) is 36.6 Å². The maximum Gasteiger partial charge on any atom is 0.303 e. The van der Waals surface area contributed by atoms with Crippen molar-refractivity contribution in [2.24, 2.45) is 0 Å². The third kappa shape index (κ3) is 8.97. The molecule has 1 amide bonds. The number of carbonyl (C=O) groups is 2. The number of aliphatic hydroxyl groups is 1. The van der Waals surface area contributed by atoms with Gasteiger partial charge in [0.25, 0.3) is 5.91 Å². The number of hydrogen-bond donors (Lipinski definition) is 3. The summed E-state index contributed by atoms with van der Waals surface area (Å²) in [5, 5.41) is 20.4. The van der Waals surface area contributed by atoms with Crippen LogP contribution in [0.2, 0.25) is 0 Å². The number of aliphatic carboxylic acids is 1. The molecule has 5 nitrogen and oxygen atoms in total. The van der Waals surface area contributed by atoms with Gasteiger partial charge >= 0.3 is 5.97 Å². The molecule has 0 radical (unpaired) electrons. The van der Waals surface area contributed by atoms with Gasteiger partial charge in [0.05, 0.1) is 5.57 Å². The molecule has 0 unspecified atom stereocenters. The van der Waals surface area contributed by atoms with E-state index in [4.69, 9.17) is 5.11 Å². The summed E-state index contributed by atoms with van der Waals surface area (Å²) in [5.74, 6) is -1.41. The molecule has 0 aliphatic rings. The Morgan fingerprint density at radius 1 is 1.05 bits per heavy atom. The number of amides is 1. The van der Waals surface area contributed by atoms with Crippen LogP contribution in [0.5, 0.6) is 0 Å². The number of allylic oxidation sites excluding steroid dienone is 2. The number of carboxylic acids is 1. The van der Waals surface area contributed by atoms with E-state index in [0.29, 0.717) is 13.0 Å². The first-order chi connectivity index (χ1) is 9.49. The molecule has 0 aromatic heterocycles. The molecule has 0 rings (SSSR count). The second-order valence-corrected chi connectivity index (χ2v) is 4.43. The Bertz CT molecular complexity index is 385. The average molecular weight is 281 g/mol. The first-order valence-corrected chi connectivity index (χ1v) is 6.70. The lowest BCUT2D eigenvalue weighted by atomic mass is 10.1. The summed E-state index contributed by atoms with van der Waals surface area (Å²) in [5.41, 5.74) is 0.112. The minimum absolute atomic E-state index is 0.112. The lowest BCUT2D eigenvalue weighted by Crippen LogP contribution is -2.26. The first-order valence-electron chi connectivity index (χ1n) is 6.70. The Hall–Kier alpha value is -2.04. The normalized spacial score (nSPS) is 10.9. The second kappa shape index (κ2) is 10.8. The van der Waals surface area contributed by atoms with Crippen LogP contribution in [0.1, 0.15) is 38.5 Å². The smallest absolute Gasteiger partial charge is 0.303 e. The van der Waals surface area contributed by atoms with E-state index in [1.54, 1.807) is 0 Å². The Balaban J connectivity index is 3.71. The molecular formula is C15H23NO4. The summed E-state index contributed by atoms with van der Waals surface area (Å²) in [7, 11) is 0. The fraction of sp³-hybridized carbons (Fsp3) is 0.467. The van der Waals surface area contributed by atoms with E-state index in [9.17, 15) is 14.7 Å². The number of aliphatic hydroxyl groups excluding tert-OH is 1. The van der Waals surface area contributed by atoms with Gasteiger partial charge in [-0.1, -0.05) is 38.5 Å². The van der Waals surface area contributed by atoms with Crippen LogP contribution in [0.3, 0.4) is 0 Å². The number of carboxylic acid groups (broad SMARTS) is 1. The molecule has 0 heterocycles. The van der Waals surface area contributed by atoms with Crippen molar-refractivity contribution >= 4 is 11.9 Å². The lowest BCUT2D eigenvalue weighted by Gasteiger charge is -2.07. The summed E-state index contributed by atoms with van der Waals surface area (Å²) in [6, 6.07) is 0. The molecule has 0 saturated carbocycles. The first kappa shape index (κ1) is 18.0. The van der Waals surface area contributed by atoms with Gasteiger partial charge in [-0.15, -0.1) is 0 Å². The summed E-state index contributed by atoms with van der Waals surface area (Å²) >= 11 is 0. The van der Waals surface area contributed by atoms with Crippen molar-refractivity contribution in [1.82, 2.24) is 5.32 Å². The van der Waals surface area contributed by atoms with Gasteiger partial charge in [0.1, 0.15) is 5.76 Å². The van der Waals surface area contributed by atoms with Crippen molar-refractivity contribution in [3.05, 3.63) is 36.6 Å². The molecule has 0 bridgehead atoms. The van der Waals surface area contributed by atoms with E-state index in [0.717, 1.165) is 25.7 Å². The van der Waals surface area contributed by atoms with E-state index >= 15 is 0 Å². The van der Waals surface area contributed by atoms with Gasteiger partial charge in [-0.05, 0) is 18.9 Å². The number of unbranched alkanes of at least 4 members (excludes halogenated alkanes) is 4. The highest BCUT2D eigenvalue weighted by atomic mass is 16.4. The maximum atomic E-state index is 11.7. The molecule has 0 fully saturated rings. The van der Waals surface area contributed by atoms with Gasteiger partial charge in [0.15, 0.2) is 0 Å². The molecule has 20 heavy (non-hydrogen) atoms. The quantitative estimate of drug-likeness (QED) is 0.235. The number of nitrogens with one attached hydrogen (secondary N) is 1. The Morgan fingerprint density at radius 3 is 2.20 bits per heavy atom. The van der Waals surface area contributed by atoms with Gasteiger partial charge in [0, 0.05) is 13.0 Å². The zero-order valence-corrected chi connectivity index (χ0v) is 11.7. The van der Waals surface area contributed by atoms with Crippen LogP contribution in [-0.4, -0.2) is 28.6 Å². The molecule has 5 heteroatoms. The van der Waals surface area contributed by atoms with E-state index in [-0.39, 0.29) is 23.7 Å². The number of rotatable bonds is 11. The Kier molecular flexibility index (Phi) is 9.74. The predicted octanol–water partition coefficient (Wildman–Crippen LogP) is 2.71. The van der Waals surface area contributed by atoms with Crippen LogP contribution < -0.4 is 5.32 Å². The van der Waals surface area contributed by atoms with Gasteiger partial charge in [-0.2, -0.15) is 0 Å². The van der Waals surface area contributed by atoms with Crippen molar-refractivity contribution in [2.45, 2.75) is 38.5 Å². The summed E-state index contributed by atoms with van der Waals surface area (Å²) in [6.45, 7) is 7.30. The standard InChI is InChI=1S/C15H23NO4/c1-3-9-13(12(2)17)15(20)16-11-8-6-4-5-7-10-14(18)19/h3,9,17H,1-2,4-8,10-11H2,(H,16,20)(H,18,19)/b13-9+. The SMILES string of the molecule is C=C/C=C(\C(=C)O)C(=O)NCCCCCCCC(=O)O. The topological polar surface area (TPSA) is 86.6 Å². The van der Waals surface area contributed by atoms with Crippen LogP contribution in [-0.2, 0) is 9.59 Å². The zero-order chi connectivity index (χ0) is 15.4. The molecule has 112 valence electrons. The summed E-state index contributed by atoms with van der Waals surface area (Å²) in [6.07, 6.45) is 7.31. The molecule has 0 aliphatic heterocycles. The van der Waals surface area contributed by atoms with Crippen LogP contribution >= 0.6 is 0 Å². The van der Waals surface area contributed by atoms with Gasteiger partial charge in [0.2, 0.25) is 0 Å². The molecule has 0 spiro atoms. The summed E-state index contributed by atoms with van der Waals surface area (Å²) < 4.78 is 0. The minimum atomic E-state index is -0.761. The molecule has 0 aliphatic carbocycles. The lowest BCUT2D eigenvalue weighted by molar-refractivity contribution is -0.137. The van der Waals surface area contributed by atoms with E-state index < -0.39 is 5.97 Å².